The lowest BCUT2D eigenvalue weighted by atomic mass is 9.40. The van der Waals surface area contributed by atoms with E-state index in [2.05, 4.69) is 12.2 Å². The lowest BCUT2D eigenvalue weighted by Gasteiger charge is -2.63. The van der Waals surface area contributed by atoms with E-state index in [1.54, 1.807) is 7.05 Å². The van der Waals surface area contributed by atoms with Crippen molar-refractivity contribution in [1.82, 2.24) is 5.32 Å². The molecule has 1 aromatic rings. The number of ketones is 2. The second-order valence-electron chi connectivity index (χ2n) is 16.3. The third kappa shape index (κ3) is 5.66. The van der Waals surface area contributed by atoms with E-state index >= 15 is 0 Å². The van der Waals surface area contributed by atoms with Crippen LogP contribution < -0.4 is 5.32 Å². The number of carbonyl (C=O) groups is 3. The fourth-order valence-electron chi connectivity index (χ4n) is 10.8. The van der Waals surface area contributed by atoms with Crippen molar-refractivity contribution in [3.63, 3.8) is 0 Å². The van der Waals surface area contributed by atoms with Crippen LogP contribution in [0, 0.1) is 45.3 Å². The number of Topliss-reactive ketones (excluding diaryl/α,β-unsaturated/α-hetero) is 2. The zero-order valence-corrected chi connectivity index (χ0v) is 29.6. The Bertz CT molecular complexity index is 1530. The number of aliphatic hydroxyl groups is 3. The molecule has 4 aliphatic rings. The molecule has 2 saturated carbocycles. The number of rotatable bonds is 10. The molecule has 262 valence electrons. The van der Waals surface area contributed by atoms with E-state index in [4.69, 9.17) is 0 Å². The molecule has 0 amide bonds. The standard InChI is InChI=1S/C40H55NO7/c1-23(19-26(42)20-25(36(47)48)16-18-41-7)28-21-31(45)40(6)33-32(29(43)22-39(28,40)5)38(4)17-15-30(44)37(2,3)35(38)27(34(33)46)14-13-24-11-9-8-10-12-24/h8-14,20,23,26-28,31,34-35,41-42,45-46H,15-19,21-22H2,1-7H3,(H,47,48)/t23-,26+,27-,28+,31+,34-,35+,38-,39-,40-/m1/s1. The average Bonchev–Trinajstić information content (AvgIpc) is 3.23. The molecule has 5 rings (SSSR count). The summed E-state index contributed by atoms with van der Waals surface area (Å²) in [5, 5.41) is 48.3. The van der Waals surface area contributed by atoms with Gasteiger partial charge in [0.05, 0.1) is 18.3 Å². The Morgan fingerprint density at radius 2 is 1.75 bits per heavy atom. The average molecular weight is 662 g/mol. The second-order valence-corrected chi connectivity index (χ2v) is 16.3. The van der Waals surface area contributed by atoms with Crippen LogP contribution in [0.2, 0.25) is 0 Å². The van der Waals surface area contributed by atoms with Gasteiger partial charge >= 0.3 is 5.97 Å². The molecule has 5 N–H and O–H groups in total. The van der Waals surface area contributed by atoms with E-state index in [-0.39, 0.29) is 54.2 Å². The number of aliphatic carboxylic acids is 1. The van der Waals surface area contributed by atoms with Crippen LogP contribution in [0.3, 0.4) is 0 Å². The summed E-state index contributed by atoms with van der Waals surface area (Å²) in [6.45, 7) is 12.5. The Balaban J connectivity index is 1.58. The van der Waals surface area contributed by atoms with E-state index in [0.29, 0.717) is 37.0 Å². The molecule has 8 heteroatoms. The number of allylic oxidation sites excluding steroid dienone is 1. The molecule has 0 unspecified atom stereocenters. The number of carboxylic acid groups (broad SMARTS) is 1. The maximum absolute atomic E-state index is 14.6. The van der Waals surface area contributed by atoms with Crippen LogP contribution in [-0.4, -0.2) is 69.9 Å². The summed E-state index contributed by atoms with van der Waals surface area (Å²) in [6.07, 6.45) is 4.49. The third-order valence-electron chi connectivity index (χ3n) is 13.4. The van der Waals surface area contributed by atoms with E-state index in [1.165, 1.54) is 6.08 Å². The van der Waals surface area contributed by atoms with Gasteiger partial charge in [0.15, 0.2) is 5.78 Å². The van der Waals surface area contributed by atoms with Gasteiger partial charge in [-0.05, 0) is 79.7 Å². The number of carbonyl (C=O) groups excluding carboxylic acids is 2. The van der Waals surface area contributed by atoms with Gasteiger partial charge in [-0.1, -0.05) is 84.0 Å². The minimum absolute atomic E-state index is 0.0286. The first kappa shape index (κ1) is 36.4. The van der Waals surface area contributed by atoms with Crippen molar-refractivity contribution < 1.29 is 34.8 Å². The van der Waals surface area contributed by atoms with Gasteiger partial charge < -0.3 is 25.7 Å². The molecule has 1 aromatic carbocycles. The Morgan fingerprint density at radius 3 is 2.38 bits per heavy atom. The van der Waals surface area contributed by atoms with Crippen LogP contribution in [-0.2, 0) is 14.4 Å². The molecule has 4 aliphatic carbocycles. The van der Waals surface area contributed by atoms with E-state index < -0.39 is 51.9 Å². The van der Waals surface area contributed by atoms with Crippen LogP contribution in [0.15, 0.2) is 59.2 Å². The highest BCUT2D eigenvalue weighted by molar-refractivity contribution is 6.01. The highest BCUT2D eigenvalue weighted by Gasteiger charge is 2.71. The lowest BCUT2D eigenvalue weighted by Crippen LogP contribution is -2.63. The fraction of sp³-hybridized carbons (Fsp3) is 0.625. The summed E-state index contributed by atoms with van der Waals surface area (Å²) in [6, 6.07) is 9.84. The largest absolute Gasteiger partial charge is 0.478 e. The van der Waals surface area contributed by atoms with Crippen molar-refractivity contribution in [2.24, 2.45) is 45.3 Å². The molecule has 8 nitrogen and oxygen atoms in total. The molecular formula is C40H55NO7. The molecule has 2 fully saturated rings. The minimum Gasteiger partial charge on any atom is -0.478 e. The van der Waals surface area contributed by atoms with Gasteiger partial charge in [-0.3, -0.25) is 9.59 Å². The molecule has 0 radical (unpaired) electrons. The summed E-state index contributed by atoms with van der Waals surface area (Å²) in [5.41, 5.74) is -0.780. The number of aliphatic hydroxyl groups excluding tert-OH is 3. The van der Waals surface area contributed by atoms with Gasteiger partial charge in [0.1, 0.15) is 5.78 Å². The number of hydrogen-bond donors (Lipinski definition) is 5. The quantitative estimate of drug-likeness (QED) is 0.211. The van der Waals surface area contributed by atoms with Crippen molar-refractivity contribution in [2.45, 2.75) is 98.4 Å². The van der Waals surface area contributed by atoms with Gasteiger partial charge in [-0.25, -0.2) is 4.79 Å². The van der Waals surface area contributed by atoms with Gasteiger partial charge in [0.25, 0.3) is 0 Å². The predicted molar refractivity (Wildman–Crippen MR) is 186 cm³/mol. The molecule has 0 aromatic heterocycles. The smallest absolute Gasteiger partial charge is 0.331 e. The van der Waals surface area contributed by atoms with Gasteiger partial charge in [-0.15, -0.1) is 0 Å². The highest BCUT2D eigenvalue weighted by Crippen LogP contribution is 2.72. The van der Waals surface area contributed by atoms with Crippen molar-refractivity contribution >= 4 is 23.6 Å². The van der Waals surface area contributed by atoms with Crippen LogP contribution >= 0.6 is 0 Å². The molecule has 0 spiro atoms. The lowest BCUT2D eigenvalue weighted by molar-refractivity contribution is -0.150. The highest BCUT2D eigenvalue weighted by atomic mass is 16.4. The van der Waals surface area contributed by atoms with Gasteiger partial charge in [-0.2, -0.15) is 0 Å². The molecular weight excluding hydrogens is 606 g/mol. The number of carboxylic acids is 1. The van der Waals surface area contributed by atoms with E-state index in [0.717, 1.165) is 5.56 Å². The summed E-state index contributed by atoms with van der Waals surface area (Å²) in [7, 11) is 1.74. The summed E-state index contributed by atoms with van der Waals surface area (Å²) in [4.78, 5) is 39.9. The Morgan fingerprint density at radius 1 is 1.08 bits per heavy atom. The van der Waals surface area contributed by atoms with E-state index in [1.807, 2.05) is 77.1 Å². The minimum atomic E-state index is -1.08. The molecule has 0 aliphatic heterocycles. The van der Waals surface area contributed by atoms with Crippen LogP contribution in [0.25, 0.3) is 6.08 Å². The van der Waals surface area contributed by atoms with Crippen LogP contribution in [0.1, 0.15) is 85.6 Å². The van der Waals surface area contributed by atoms with E-state index in [9.17, 15) is 34.8 Å². The van der Waals surface area contributed by atoms with Gasteiger partial charge in [0, 0.05) is 46.2 Å². The van der Waals surface area contributed by atoms with Gasteiger partial charge in [0.2, 0.25) is 0 Å². The monoisotopic (exact) mass is 661 g/mol. The molecule has 0 bridgehead atoms. The first-order chi connectivity index (χ1) is 22.4. The summed E-state index contributed by atoms with van der Waals surface area (Å²) < 4.78 is 0. The number of fused-ring (bicyclic) bond motifs is 4. The number of nitrogens with one attached hydrogen (secondary N) is 1. The summed E-state index contributed by atoms with van der Waals surface area (Å²) >= 11 is 0. The molecule has 48 heavy (non-hydrogen) atoms. The fourth-order valence-corrected chi connectivity index (χ4v) is 10.8. The first-order valence-corrected chi connectivity index (χ1v) is 17.6. The SMILES string of the molecule is CNCCC(=C[C@@H](O)C[C@@H](C)[C@@H]1C[C@H](O)[C@]2(C)C3=C(C(=O)C[C@]12C)[C@@]1(C)CCC(=O)C(C)(C)[C@@H]1[C@H](C=Cc1ccccc1)[C@H]3O)C(=O)O. The predicted octanol–water partition coefficient (Wildman–Crippen LogP) is 5.37. The normalized spacial score (nSPS) is 37.6. The number of benzene rings is 1. The van der Waals surface area contributed by atoms with Crippen molar-refractivity contribution in [2.75, 3.05) is 13.6 Å². The van der Waals surface area contributed by atoms with Crippen molar-refractivity contribution in [3.8, 4) is 0 Å². The Labute approximate surface area is 285 Å². The van der Waals surface area contributed by atoms with Crippen molar-refractivity contribution in [3.05, 3.63) is 64.8 Å². The molecule has 10 atom stereocenters. The van der Waals surface area contributed by atoms with Crippen LogP contribution in [0.4, 0.5) is 0 Å². The molecule has 0 heterocycles. The Hall–Kier alpha value is -2.91. The third-order valence-corrected chi connectivity index (χ3v) is 13.4. The first-order valence-electron chi connectivity index (χ1n) is 17.6. The van der Waals surface area contributed by atoms with Crippen LogP contribution in [0.5, 0.6) is 0 Å². The molecule has 0 saturated heterocycles. The zero-order chi connectivity index (χ0) is 35.4. The maximum Gasteiger partial charge on any atom is 0.331 e. The summed E-state index contributed by atoms with van der Waals surface area (Å²) in [5.74, 6) is -2.08. The Kier molecular flexibility index (Phi) is 9.92. The second kappa shape index (κ2) is 13.1. The topological polar surface area (TPSA) is 144 Å². The van der Waals surface area contributed by atoms with Crippen molar-refractivity contribution in [1.29, 1.82) is 0 Å². The maximum atomic E-state index is 14.6. The number of hydrogen-bond acceptors (Lipinski definition) is 7. The zero-order valence-electron chi connectivity index (χ0n) is 29.6.